The van der Waals surface area contributed by atoms with Gasteiger partial charge in [0.15, 0.2) is 0 Å². The molecule has 0 aromatic heterocycles. The normalized spacial score (nSPS) is 16.5. The number of hydrogen-bond donors (Lipinski definition) is 4. The highest BCUT2D eigenvalue weighted by molar-refractivity contribution is 6.30. The second kappa shape index (κ2) is 8.95. The van der Waals surface area contributed by atoms with Crippen molar-refractivity contribution >= 4 is 17.6 Å². The Morgan fingerprint density at radius 3 is 2.59 bits per heavy atom. The maximum atomic E-state index is 10.8. The molecule has 0 radical (unpaired) electrons. The lowest BCUT2D eigenvalue weighted by atomic mass is 9.89. The number of amides is 2. The van der Waals surface area contributed by atoms with Gasteiger partial charge in [-0.15, -0.1) is 0 Å². The number of hydrazine groups is 2. The molecule has 122 valence electrons. The lowest BCUT2D eigenvalue weighted by Crippen LogP contribution is -2.47. The summed E-state index contributed by atoms with van der Waals surface area (Å²) in [5.41, 5.74) is 8.67. The zero-order chi connectivity index (χ0) is 15.8. The van der Waals surface area contributed by atoms with E-state index in [2.05, 4.69) is 27.9 Å². The summed E-state index contributed by atoms with van der Waals surface area (Å²) in [6.07, 6.45) is 3.35. The molecule has 0 saturated carbocycles. The SMILES string of the molecule is NNC(=O)NNCCCN1CCC(c2ccc(Cl)cc2)CC1. The van der Waals surface area contributed by atoms with Gasteiger partial charge < -0.3 is 4.90 Å². The second-order valence-corrected chi connectivity index (χ2v) is 5.98. The zero-order valence-electron chi connectivity index (χ0n) is 12.6. The third-order valence-electron chi connectivity index (χ3n) is 4.04. The molecule has 1 fully saturated rings. The van der Waals surface area contributed by atoms with Gasteiger partial charge in [-0.05, 0) is 62.5 Å². The van der Waals surface area contributed by atoms with Crippen LogP contribution in [-0.4, -0.2) is 37.1 Å². The Labute approximate surface area is 136 Å². The first-order valence-electron chi connectivity index (χ1n) is 7.66. The van der Waals surface area contributed by atoms with Gasteiger partial charge in [0.05, 0.1) is 0 Å². The molecule has 0 spiro atoms. The van der Waals surface area contributed by atoms with Gasteiger partial charge >= 0.3 is 6.03 Å². The molecule has 5 N–H and O–H groups in total. The van der Waals surface area contributed by atoms with E-state index in [0.717, 1.165) is 37.6 Å². The van der Waals surface area contributed by atoms with E-state index in [1.807, 2.05) is 17.6 Å². The number of nitrogens with one attached hydrogen (secondary N) is 3. The molecule has 2 rings (SSSR count). The maximum absolute atomic E-state index is 10.8. The van der Waals surface area contributed by atoms with Crippen LogP contribution < -0.4 is 22.1 Å². The lowest BCUT2D eigenvalue weighted by Gasteiger charge is -2.32. The van der Waals surface area contributed by atoms with Crippen LogP contribution in [0.1, 0.15) is 30.7 Å². The van der Waals surface area contributed by atoms with Crippen molar-refractivity contribution in [2.24, 2.45) is 5.84 Å². The van der Waals surface area contributed by atoms with Crippen LogP contribution in [0.25, 0.3) is 0 Å². The van der Waals surface area contributed by atoms with E-state index in [1.165, 1.54) is 18.4 Å². The van der Waals surface area contributed by atoms with Crippen molar-refractivity contribution < 1.29 is 4.79 Å². The van der Waals surface area contributed by atoms with Crippen molar-refractivity contribution in [1.29, 1.82) is 0 Å². The van der Waals surface area contributed by atoms with E-state index in [1.54, 1.807) is 0 Å². The Morgan fingerprint density at radius 2 is 1.95 bits per heavy atom. The summed E-state index contributed by atoms with van der Waals surface area (Å²) in [7, 11) is 0. The smallest absolute Gasteiger partial charge is 0.303 e. The van der Waals surface area contributed by atoms with Crippen LogP contribution in [0.3, 0.4) is 0 Å². The van der Waals surface area contributed by atoms with E-state index in [0.29, 0.717) is 5.92 Å². The molecule has 1 aromatic rings. The van der Waals surface area contributed by atoms with Crippen molar-refractivity contribution in [2.45, 2.75) is 25.2 Å². The molecule has 1 aliphatic rings. The molecular weight excluding hydrogens is 302 g/mol. The third kappa shape index (κ3) is 5.46. The Balaban J connectivity index is 1.61. The minimum atomic E-state index is -0.427. The molecule has 0 atom stereocenters. The minimum Gasteiger partial charge on any atom is -0.303 e. The summed E-state index contributed by atoms with van der Waals surface area (Å²) < 4.78 is 0. The summed E-state index contributed by atoms with van der Waals surface area (Å²) in [5, 5.41) is 0.797. The van der Waals surface area contributed by atoms with Crippen molar-refractivity contribution in [3.63, 3.8) is 0 Å². The average Bonchev–Trinajstić information content (AvgIpc) is 2.55. The number of rotatable bonds is 6. The highest BCUT2D eigenvalue weighted by atomic mass is 35.5. The number of halogens is 1. The molecule has 6 nitrogen and oxygen atoms in total. The zero-order valence-corrected chi connectivity index (χ0v) is 13.4. The van der Waals surface area contributed by atoms with Gasteiger partial charge in [0.1, 0.15) is 0 Å². The van der Waals surface area contributed by atoms with Gasteiger partial charge in [0, 0.05) is 11.6 Å². The Bertz CT molecular complexity index is 460. The Kier molecular flexibility index (Phi) is 6.92. The van der Waals surface area contributed by atoms with Gasteiger partial charge in [-0.1, -0.05) is 23.7 Å². The fourth-order valence-electron chi connectivity index (χ4n) is 2.79. The number of piperidine rings is 1. The number of nitrogens with zero attached hydrogens (tertiary/aromatic N) is 1. The predicted molar refractivity (Wildman–Crippen MR) is 88.3 cm³/mol. The highest BCUT2D eigenvalue weighted by Crippen LogP contribution is 2.28. The van der Waals surface area contributed by atoms with E-state index in [4.69, 9.17) is 17.4 Å². The summed E-state index contributed by atoms with van der Waals surface area (Å²) in [6, 6.07) is 7.80. The Hall–Kier alpha value is -1.34. The molecule has 1 aliphatic heterocycles. The second-order valence-electron chi connectivity index (χ2n) is 5.55. The van der Waals surface area contributed by atoms with Crippen LogP contribution in [-0.2, 0) is 0 Å². The van der Waals surface area contributed by atoms with Crippen molar-refractivity contribution in [3.05, 3.63) is 34.9 Å². The number of hydrogen-bond acceptors (Lipinski definition) is 4. The van der Waals surface area contributed by atoms with Crippen molar-refractivity contribution in [2.75, 3.05) is 26.2 Å². The lowest BCUT2D eigenvalue weighted by molar-refractivity contribution is 0.208. The summed E-state index contributed by atoms with van der Waals surface area (Å²) >= 11 is 5.93. The van der Waals surface area contributed by atoms with Crippen LogP contribution in [0.15, 0.2) is 24.3 Å². The van der Waals surface area contributed by atoms with E-state index in [-0.39, 0.29) is 0 Å². The topological polar surface area (TPSA) is 82.4 Å². The maximum Gasteiger partial charge on any atom is 0.343 e. The first kappa shape index (κ1) is 17.0. The number of carbonyl (C=O) groups is 1. The van der Waals surface area contributed by atoms with Crippen LogP contribution in [0.5, 0.6) is 0 Å². The number of urea groups is 1. The Morgan fingerprint density at radius 1 is 1.27 bits per heavy atom. The third-order valence-corrected chi connectivity index (χ3v) is 4.29. The number of carbonyl (C=O) groups excluding carboxylic acids is 1. The first-order chi connectivity index (χ1) is 10.7. The monoisotopic (exact) mass is 325 g/mol. The van der Waals surface area contributed by atoms with Gasteiger partial charge in [0.25, 0.3) is 0 Å². The van der Waals surface area contributed by atoms with Gasteiger partial charge in [-0.3, -0.25) is 10.9 Å². The molecule has 22 heavy (non-hydrogen) atoms. The number of nitrogens with two attached hydrogens (primary N) is 1. The molecule has 0 aliphatic carbocycles. The highest BCUT2D eigenvalue weighted by Gasteiger charge is 2.19. The fourth-order valence-corrected chi connectivity index (χ4v) is 2.92. The van der Waals surface area contributed by atoms with E-state index < -0.39 is 6.03 Å². The van der Waals surface area contributed by atoms with Crippen molar-refractivity contribution in [3.8, 4) is 0 Å². The summed E-state index contributed by atoms with van der Waals surface area (Å²) in [4.78, 5) is 13.3. The van der Waals surface area contributed by atoms with Gasteiger partial charge in [-0.2, -0.15) is 0 Å². The van der Waals surface area contributed by atoms with Crippen LogP contribution in [0.4, 0.5) is 4.79 Å². The number of likely N-dealkylation sites (tertiary alicyclic amines) is 1. The van der Waals surface area contributed by atoms with Crippen LogP contribution in [0, 0.1) is 0 Å². The predicted octanol–water partition coefficient (Wildman–Crippen LogP) is 1.59. The minimum absolute atomic E-state index is 0.427. The standard InChI is InChI=1S/C15H24ClN5O/c16-14-4-2-12(3-5-14)13-6-10-21(11-7-13)9-1-8-18-20-15(22)19-17/h2-5,13,18H,1,6-11,17H2,(H2,19,20,22). The summed E-state index contributed by atoms with van der Waals surface area (Å²) in [5.74, 6) is 5.60. The van der Waals surface area contributed by atoms with E-state index in [9.17, 15) is 4.79 Å². The molecule has 1 heterocycles. The largest absolute Gasteiger partial charge is 0.343 e. The molecule has 0 unspecified atom stereocenters. The van der Waals surface area contributed by atoms with Gasteiger partial charge in [-0.25, -0.2) is 16.1 Å². The quantitative estimate of drug-likeness (QED) is 0.277. The molecule has 1 saturated heterocycles. The molecule has 7 heteroatoms. The number of benzene rings is 1. The molecule has 0 bridgehead atoms. The summed E-state index contributed by atoms with van der Waals surface area (Å²) in [6.45, 7) is 3.99. The van der Waals surface area contributed by atoms with Gasteiger partial charge in [0.2, 0.25) is 0 Å². The molecule has 2 amide bonds. The average molecular weight is 326 g/mol. The van der Waals surface area contributed by atoms with Crippen molar-refractivity contribution in [1.82, 2.24) is 21.2 Å². The first-order valence-corrected chi connectivity index (χ1v) is 8.04. The van der Waals surface area contributed by atoms with E-state index >= 15 is 0 Å². The van der Waals surface area contributed by atoms with Crippen LogP contribution >= 0.6 is 11.6 Å². The van der Waals surface area contributed by atoms with Crippen LogP contribution in [0.2, 0.25) is 5.02 Å². The fraction of sp³-hybridized carbons (Fsp3) is 0.533. The molecular formula is C15H24ClN5O. The molecule has 1 aromatic carbocycles.